The number of hydrogen-bond acceptors (Lipinski definition) is 6. The lowest BCUT2D eigenvalue weighted by Gasteiger charge is -2.37. The predicted octanol–water partition coefficient (Wildman–Crippen LogP) is 2.47. The van der Waals surface area contributed by atoms with E-state index in [9.17, 15) is 10.4 Å². The molecule has 0 bridgehead atoms. The molecule has 0 aliphatic carbocycles. The van der Waals surface area contributed by atoms with Crippen molar-refractivity contribution in [1.29, 1.82) is 5.26 Å². The van der Waals surface area contributed by atoms with E-state index < -0.39 is 11.6 Å². The van der Waals surface area contributed by atoms with Gasteiger partial charge in [-0.1, -0.05) is 29.5 Å². The molecule has 7 heteroatoms. The number of hydrogen-bond donors (Lipinski definition) is 1. The van der Waals surface area contributed by atoms with Gasteiger partial charge in [0.15, 0.2) is 0 Å². The summed E-state index contributed by atoms with van der Waals surface area (Å²) in [5, 5.41) is 29.6. The number of aromatic nitrogens is 5. The van der Waals surface area contributed by atoms with Crippen molar-refractivity contribution in [3.63, 3.8) is 0 Å². The summed E-state index contributed by atoms with van der Waals surface area (Å²) in [6.45, 7) is 0. The van der Waals surface area contributed by atoms with Crippen molar-refractivity contribution in [3.8, 4) is 6.07 Å². The molecule has 0 amide bonds. The number of nitriles is 1. The van der Waals surface area contributed by atoms with Crippen LogP contribution in [0.25, 0.3) is 0 Å². The van der Waals surface area contributed by atoms with Gasteiger partial charge < -0.3 is 5.11 Å². The zero-order valence-electron chi connectivity index (χ0n) is 14.8. The minimum atomic E-state index is -1.57. The first kappa shape index (κ1) is 17.5. The minimum absolute atomic E-state index is 0.448. The molecule has 0 fully saturated rings. The number of rotatable bonds is 5. The van der Waals surface area contributed by atoms with Gasteiger partial charge >= 0.3 is 0 Å². The van der Waals surface area contributed by atoms with Crippen molar-refractivity contribution in [2.75, 3.05) is 0 Å². The van der Waals surface area contributed by atoms with E-state index in [1.165, 1.54) is 0 Å². The molecule has 1 N–H and O–H groups in total. The van der Waals surface area contributed by atoms with Crippen molar-refractivity contribution in [2.24, 2.45) is 0 Å². The maximum atomic E-state index is 12.2. The van der Waals surface area contributed by atoms with Crippen LogP contribution < -0.4 is 0 Å². The van der Waals surface area contributed by atoms with Crippen LogP contribution in [0.2, 0.25) is 0 Å². The first-order valence-corrected chi connectivity index (χ1v) is 8.62. The molecule has 1 aromatic carbocycles. The normalized spacial score (nSPS) is 14.0. The van der Waals surface area contributed by atoms with Crippen molar-refractivity contribution in [1.82, 2.24) is 25.0 Å². The van der Waals surface area contributed by atoms with E-state index in [0.29, 0.717) is 16.7 Å². The molecule has 0 spiro atoms. The summed E-state index contributed by atoms with van der Waals surface area (Å²) >= 11 is 0. The Labute approximate surface area is 161 Å². The van der Waals surface area contributed by atoms with E-state index in [2.05, 4.69) is 26.3 Å². The summed E-state index contributed by atoms with van der Waals surface area (Å²) in [5.41, 5.74) is 0.723. The third-order valence-electron chi connectivity index (χ3n) is 4.63. The van der Waals surface area contributed by atoms with Crippen LogP contribution in [0.3, 0.4) is 0 Å². The molecule has 0 saturated heterocycles. The fourth-order valence-corrected chi connectivity index (χ4v) is 3.37. The van der Waals surface area contributed by atoms with Gasteiger partial charge in [0.1, 0.15) is 11.6 Å². The Morgan fingerprint density at radius 1 is 0.964 bits per heavy atom. The van der Waals surface area contributed by atoms with E-state index in [1.54, 1.807) is 84.3 Å². The molecule has 2 atom stereocenters. The standard InChI is InChI=1S/C21H16N6O/c22-13-16-4-1-6-18(12-16)21(28,19-7-3-9-24-15-19)20(27-11-10-25-26-27)17-5-2-8-23-14-17/h1-12,14-15,20,28H. The average Bonchev–Trinajstić information content (AvgIpc) is 3.29. The van der Waals surface area contributed by atoms with E-state index in [4.69, 9.17) is 0 Å². The smallest absolute Gasteiger partial charge is 0.143 e. The van der Waals surface area contributed by atoms with E-state index in [1.807, 2.05) is 6.07 Å². The Balaban J connectivity index is 2.02. The molecule has 0 radical (unpaired) electrons. The Morgan fingerprint density at radius 3 is 2.39 bits per heavy atom. The van der Waals surface area contributed by atoms with Crippen molar-refractivity contribution < 1.29 is 5.11 Å². The summed E-state index contributed by atoms with van der Waals surface area (Å²) in [6.07, 6.45) is 9.85. The van der Waals surface area contributed by atoms with Crippen LogP contribution in [0.5, 0.6) is 0 Å². The molecular formula is C21H16N6O. The van der Waals surface area contributed by atoms with Gasteiger partial charge in [-0.05, 0) is 35.4 Å². The lowest BCUT2D eigenvalue weighted by atomic mass is 9.78. The molecular weight excluding hydrogens is 352 g/mol. The summed E-state index contributed by atoms with van der Waals surface area (Å²) in [6, 6.07) is 15.6. The van der Waals surface area contributed by atoms with Crippen LogP contribution >= 0.6 is 0 Å². The average molecular weight is 368 g/mol. The van der Waals surface area contributed by atoms with Gasteiger partial charge in [0.25, 0.3) is 0 Å². The molecule has 0 aliphatic rings. The Kier molecular flexibility index (Phi) is 4.62. The van der Waals surface area contributed by atoms with Gasteiger partial charge in [0, 0.05) is 36.5 Å². The zero-order chi connectivity index (χ0) is 19.4. The minimum Gasteiger partial charge on any atom is -0.378 e. The molecule has 4 rings (SSSR count). The molecule has 0 saturated carbocycles. The van der Waals surface area contributed by atoms with Gasteiger partial charge in [0.05, 0.1) is 17.8 Å². The lowest BCUT2D eigenvalue weighted by Crippen LogP contribution is -2.39. The van der Waals surface area contributed by atoms with Gasteiger partial charge in [-0.15, -0.1) is 5.10 Å². The third kappa shape index (κ3) is 3.02. The Hall–Kier alpha value is -3.89. The second kappa shape index (κ2) is 7.39. The number of aliphatic hydroxyl groups is 1. The highest BCUT2D eigenvalue weighted by atomic mass is 16.3. The van der Waals surface area contributed by atoms with E-state index in [0.717, 1.165) is 5.56 Å². The lowest BCUT2D eigenvalue weighted by molar-refractivity contribution is 0.0325. The molecule has 3 heterocycles. The third-order valence-corrected chi connectivity index (χ3v) is 4.63. The first-order valence-electron chi connectivity index (χ1n) is 8.62. The summed E-state index contributed by atoms with van der Waals surface area (Å²) in [4.78, 5) is 8.40. The van der Waals surface area contributed by atoms with Gasteiger partial charge in [-0.25, -0.2) is 4.68 Å². The number of nitrogens with zero attached hydrogens (tertiary/aromatic N) is 6. The highest BCUT2D eigenvalue weighted by Crippen LogP contribution is 2.42. The Bertz CT molecular complexity index is 1090. The number of pyridine rings is 2. The quantitative estimate of drug-likeness (QED) is 0.581. The SMILES string of the molecule is N#Cc1cccc(C(O)(c2cccnc2)C(c2cccnc2)n2ccnn2)c1. The maximum Gasteiger partial charge on any atom is 0.143 e. The van der Waals surface area contributed by atoms with Crippen LogP contribution in [0.4, 0.5) is 0 Å². The molecule has 4 aromatic rings. The second-order valence-electron chi connectivity index (χ2n) is 6.27. The van der Waals surface area contributed by atoms with Crippen LogP contribution in [0.15, 0.2) is 85.7 Å². The molecule has 136 valence electrons. The monoisotopic (exact) mass is 368 g/mol. The highest BCUT2D eigenvalue weighted by Gasteiger charge is 2.43. The Morgan fingerprint density at radius 2 is 1.75 bits per heavy atom. The van der Waals surface area contributed by atoms with E-state index >= 15 is 0 Å². The van der Waals surface area contributed by atoms with Crippen molar-refractivity contribution in [2.45, 2.75) is 11.6 Å². The molecule has 7 nitrogen and oxygen atoms in total. The summed E-state index contributed by atoms with van der Waals surface area (Å²) in [7, 11) is 0. The fraction of sp³-hybridized carbons (Fsp3) is 0.0952. The van der Waals surface area contributed by atoms with Gasteiger partial charge in [-0.2, -0.15) is 5.26 Å². The van der Waals surface area contributed by atoms with Crippen LogP contribution in [-0.4, -0.2) is 30.1 Å². The molecule has 3 aromatic heterocycles. The first-order chi connectivity index (χ1) is 13.7. The highest BCUT2D eigenvalue weighted by molar-refractivity contribution is 5.44. The second-order valence-corrected chi connectivity index (χ2v) is 6.27. The maximum absolute atomic E-state index is 12.2. The van der Waals surface area contributed by atoms with Crippen molar-refractivity contribution in [3.05, 3.63) is 108 Å². The fourth-order valence-electron chi connectivity index (χ4n) is 3.37. The van der Waals surface area contributed by atoms with Crippen LogP contribution in [0.1, 0.15) is 28.3 Å². The largest absolute Gasteiger partial charge is 0.378 e. The number of benzene rings is 1. The molecule has 0 aliphatic heterocycles. The van der Waals surface area contributed by atoms with Gasteiger partial charge in [0.2, 0.25) is 0 Å². The van der Waals surface area contributed by atoms with Crippen LogP contribution in [-0.2, 0) is 5.60 Å². The van der Waals surface area contributed by atoms with Crippen molar-refractivity contribution >= 4 is 0 Å². The molecule has 28 heavy (non-hydrogen) atoms. The topological polar surface area (TPSA) is 101 Å². The zero-order valence-corrected chi connectivity index (χ0v) is 14.8. The van der Waals surface area contributed by atoms with Crippen LogP contribution in [0, 0.1) is 11.3 Å². The summed E-state index contributed by atoms with van der Waals surface area (Å²) in [5.74, 6) is 0. The van der Waals surface area contributed by atoms with E-state index in [-0.39, 0.29) is 0 Å². The predicted molar refractivity (Wildman–Crippen MR) is 101 cm³/mol. The molecule has 2 unspecified atom stereocenters. The summed E-state index contributed by atoms with van der Waals surface area (Å²) < 4.78 is 1.59. The van der Waals surface area contributed by atoms with Gasteiger partial charge in [-0.3, -0.25) is 9.97 Å².